The lowest BCUT2D eigenvalue weighted by Gasteiger charge is -2.08. The second-order valence-electron chi connectivity index (χ2n) is 3.97. The van der Waals surface area contributed by atoms with Gasteiger partial charge in [0.2, 0.25) is 5.82 Å². The Balaban J connectivity index is 2.15. The summed E-state index contributed by atoms with van der Waals surface area (Å²) in [5.74, 6) is 0.862. The number of ether oxygens (including phenoxy) is 1. The van der Waals surface area contributed by atoms with Crippen LogP contribution in [0.5, 0.6) is 5.75 Å². The van der Waals surface area contributed by atoms with Crippen LogP contribution in [0.15, 0.2) is 54.1 Å². The molecule has 0 unspecified atom stereocenters. The molecule has 0 radical (unpaired) electrons. The maximum atomic E-state index is 12.4. The number of nitrogens with zero attached hydrogens (tertiary/aromatic N) is 5. The minimum absolute atomic E-state index is 0.188. The number of hydrogen-bond donors (Lipinski definition) is 0. The first-order valence-corrected chi connectivity index (χ1v) is 5.86. The van der Waals surface area contributed by atoms with E-state index in [1.807, 2.05) is 18.2 Å². The quantitative estimate of drug-likeness (QED) is 0.703. The molecule has 0 spiro atoms. The molecule has 0 aliphatic rings. The lowest BCUT2D eigenvalue weighted by Crippen LogP contribution is -2.24. The monoisotopic (exact) mass is 269 g/mol. The van der Waals surface area contributed by atoms with Crippen molar-refractivity contribution in [3.05, 3.63) is 59.7 Å². The van der Waals surface area contributed by atoms with E-state index >= 15 is 0 Å². The number of hydrogen-bond acceptors (Lipinski definition) is 5. The smallest absolute Gasteiger partial charge is 0.300 e. The molecule has 0 atom stereocenters. The van der Waals surface area contributed by atoms with Crippen LogP contribution in [0.1, 0.15) is 0 Å². The highest BCUT2D eigenvalue weighted by Gasteiger charge is 2.09. The van der Waals surface area contributed by atoms with Gasteiger partial charge < -0.3 is 4.74 Å². The summed E-state index contributed by atoms with van der Waals surface area (Å²) in [6, 6.07) is 7.21. The Bertz CT molecular complexity index is 779. The molecular weight excluding hydrogens is 258 g/mol. The Morgan fingerprint density at radius 1 is 1.30 bits per heavy atom. The molecule has 3 aromatic rings. The molecule has 0 saturated carbocycles. The number of aromatic nitrogens is 5. The number of benzene rings is 1. The van der Waals surface area contributed by atoms with Crippen LogP contribution in [0.3, 0.4) is 0 Å². The van der Waals surface area contributed by atoms with Crippen molar-refractivity contribution in [1.82, 2.24) is 24.3 Å². The van der Waals surface area contributed by atoms with Gasteiger partial charge >= 0.3 is 0 Å². The Hall–Kier alpha value is -2.96. The molecule has 0 aliphatic heterocycles. The largest absolute Gasteiger partial charge is 0.497 e. The predicted molar refractivity (Wildman–Crippen MR) is 71.3 cm³/mol. The third-order valence-corrected chi connectivity index (χ3v) is 2.79. The minimum atomic E-state index is -0.286. The van der Waals surface area contributed by atoms with Crippen molar-refractivity contribution in [2.45, 2.75) is 0 Å². The van der Waals surface area contributed by atoms with Crippen LogP contribution in [-0.4, -0.2) is 31.4 Å². The van der Waals surface area contributed by atoms with Crippen molar-refractivity contribution >= 4 is 0 Å². The van der Waals surface area contributed by atoms with Crippen LogP contribution in [0, 0.1) is 0 Å². The molecule has 0 fully saturated rings. The lowest BCUT2D eigenvalue weighted by molar-refractivity contribution is 0.414. The molecule has 1 aromatic carbocycles. The summed E-state index contributed by atoms with van der Waals surface area (Å²) in [5.41, 5.74) is 0.407. The van der Waals surface area contributed by atoms with Gasteiger partial charge in [-0.3, -0.25) is 9.36 Å². The van der Waals surface area contributed by atoms with E-state index in [4.69, 9.17) is 4.74 Å². The summed E-state index contributed by atoms with van der Waals surface area (Å²) in [6.07, 6.45) is 5.92. The molecule has 0 amide bonds. The topological polar surface area (TPSA) is 74.8 Å². The van der Waals surface area contributed by atoms with E-state index < -0.39 is 0 Å². The van der Waals surface area contributed by atoms with Gasteiger partial charge in [0.1, 0.15) is 18.4 Å². The highest BCUT2D eigenvalue weighted by Crippen LogP contribution is 2.14. The fraction of sp³-hybridized carbons (Fsp3) is 0.0769. The Labute approximate surface area is 114 Å². The summed E-state index contributed by atoms with van der Waals surface area (Å²) in [4.78, 5) is 20.3. The summed E-state index contributed by atoms with van der Waals surface area (Å²) in [6.45, 7) is 0. The molecular formula is C13H11N5O2. The Morgan fingerprint density at radius 2 is 2.20 bits per heavy atom. The zero-order chi connectivity index (χ0) is 13.9. The van der Waals surface area contributed by atoms with E-state index in [0.717, 1.165) is 0 Å². The molecule has 100 valence electrons. The maximum Gasteiger partial charge on any atom is 0.300 e. The van der Waals surface area contributed by atoms with Gasteiger partial charge in [-0.25, -0.2) is 9.97 Å². The summed E-state index contributed by atoms with van der Waals surface area (Å²) >= 11 is 0. The van der Waals surface area contributed by atoms with Gasteiger partial charge in [0, 0.05) is 18.5 Å². The molecule has 7 nitrogen and oxygen atoms in total. The second kappa shape index (κ2) is 4.96. The first kappa shape index (κ1) is 12.1. The van der Waals surface area contributed by atoms with Crippen LogP contribution in [0.2, 0.25) is 0 Å². The average molecular weight is 269 g/mol. The van der Waals surface area contributed by atoms with Gasteiger partial charge in [0.15, 0.2) is 0 Å². The van der Waals surface area contributed by atoms with E-state index in [1.165, 1.54) is 28.1 Å². The third kappa shape index (κ3) is 2.05. The Kier molecular flexibility index (Phi) is 3.00. The Morgan fingerprint density at radius 3 is 2.95 bits per heavy atom. The first-order chi connectivity index (χ1) is 9.79. The van der Waals surface area contributed by atoms with E-state index in [9.17, 15) is 4.79 Å². The first-order valence-electron chi connectivity index (χ1n) is 5.86. The molecule has 7 heteroatoms. The third-order valence-electron chi connectivity index (χ3n) is 2.79. The average Bonchev–Trinajstić information content (AvgIpc) is 3.01. The van der Waals surface area contributed by atoms with Crippen molar-refractivity contribution in [2.75, 3.05) is 7.11 Å². The van der Waals surface area contributed by atoms with Gasteiger partial charge in [-0.05, 0) is 12.1 Å². The predicted octanol–water partition coefficient (Wildman–Crippen LogP) is 0.822. The molecule has 3 rings (SSSR count). The van der Waals surface area contributed by atoms with Crippen LogP contribution >= 0.6 is 0 Å². The van der Waals surface area contributed by atoms with Crippen molar-refractivity contribution in [2.24, 2.45) is 0 Å². The molecule has 20 heavy (non-hydrogen) atoms. The van der Waals surface area contributed by atoms with Gasteiger partial charge in [-0.2, -0.15) is 9.78 Å². The zero-order valence-electron chi connectivity index (χ0n) is 10.7. The summed E-state index contributed by atoms with van der Waals surface area (Å²) in [7, 11) is 1.58. The molecule has 0 saturated heterocycles. The van der Waals surface area contributed by atoms with Gasteiger partial charge in [-0.1, -0.05) is 6.07 Å². The van der Waals surface area contributed by atoms with Crippen LogP contribution < -0.4 is 10.3 Å². The second-order valence-corrected chi connectivity index (χ2v) is 3.97. The fourth-order valence-electron chi connectivity index (χ4n) is 1.84. The van der Waals surface area contributed by atoms with E-state index in [0.29, 0.717) is 11.4 Å². The van der Waals surface area contributed by atoms with Crippen molar-refractivity contribution in [3.8, 4) is 17.3 Å². The normalized spacial score (nSPS) is 10.4. The highest BCUT2D eigenvalue weighted by atomic mass is 16.5. The van der Waals surface area contributed by atoms with Crippen LogP contribution in [-0.2, 0) is 0 Å². The van der Waals surface area contributed by atoms with Gasteiger partial charge in [-0.15, -0.1) is 0 Å². The molecule has 2 heterocycles. The fourth-order valence-corrected chi connectivity index (χ4v) is 1.84. The molecule has 2 aromatic heterocycles. The zero-order valence-corrected chi connectivity index (χ0v) is 10.7. The number of rotatable bonds is 3. The summed E-state index contributed by atoms with van der Waals surface area (Å²) < 4.78 is 7.97. The van der Waals surface area contributed by atoms with Gasteiger partial charge in [0.25, 0.3) is 5.56 Å². The molecule has 0 bridgehead atoms. The maximum absolute atomic E-state index is 12.4. The SMILES string of the molecule is COc1cccc(-n2ccnc(-n3cncn3)c2=O)c1. The number of methoxy groups -OCH3 is 1. The standard InChI is InChI=1S/C13H11N5O2/c1-20-11-4-2-3-10(7-11)17-6-5-15-12(13(17)19)18-9-14-8-16-18/h2-9H,1H3. The van der Waals surface area contributed by atoms with Gasteiger partial charge in [0.05, 0.1) is 12.8 Å². The van der Waals surface area contributed by atoms with E-state index in [-0.39, 0.29) is 11.4 Å². The van der Waals surface area contributed by atoms with Crippen molar-refractivity contribution < 1.29 is 4.74 Å². The summed E-state index contributed by atoms with van der Waals surface area (Å²) in [5, 5.41) is 3.92. The van der Waals surface area contributed by atoms with Crippen molar-refractivity contribution in [3.63, 3.8) is 0 Å². The lowest BCUT2D eigenvalue weighted by atomic mass is 10.3. The van der Waals surface area contributed by atoms with E-state index in [1.54, 1.807) is 19.4 Å². The van der Waals surface area contributed by atoms with E-state index in [2.05, 4.69) is 15.1 Å². The molecule has 0 aliphatic carbocycles. The molecule has 0 N–H and O–H groups in total. The highest BCUT2D eigenvalue weighted by molar-refractivity contribution is 5.40. The minimum Gasteiger partial charge on any atom is -0.497 e. The van der Waals surface area contributed by atoms with Crippen molar-refractivity contribution in [1.29, 1.82) is 0 Å². The van der Waals surface area contributed by atoms with Crippen LogP contribution in [0.4, 0.5) is 0 Å². The van der Waals surface area contributed by atoms with Crippen LogP contribution in [0.25, 0.3) is 11.5 Å².